The van der Waals surface area contributed by atoms with Crippen LogP contribution in [0.25, 0.3) is 10.9 Å². The van der Waals surface area contributed by atoms with Crippen molar-refractivity contribution in [3.05, 3.63) is 35.0 Å². The molecule has 0 unspecified atom stereocenters. The number of aromatic amines is 1. The normalized spacial score (nSPS) is 10.2. The van der Waals surface area contributed by atoms with Crippen LogP contribution in [-0.4, -0.2) is 16.7 Å². The number of H-pyrrole nitrogens is 1. The minimum Gasteiger partial charge on any atom is -0.361 e. The monoisotopic (exact) mass is 236 g/mol. The summed E-state index contributed by atoms with van der Waals surface area (Å²) >= 11 is 10.5. The number of hydrogen-bond donors (Lipinski definition) is 1. The van der Waals surface area contributed by atoms with E-state index in [9.17, 15) is 0 Å². The van der Waals surface area contributed by atoms with Crippen LogP contribution < -0.4 is 0 Å². The highest BCUT2D eigenvalue weighted by molar-refractivity contribution is 7.78. The lowest BCUT2D eigenvalue weighted by atomic mass is 10.1. The van der Waals surface area contributed by atoms with Crippen LogP contribution >= 0.6 is 23.8 Å². The summed E-state index contributed by atoms with van der Waals surface area (Å²) in [7, 11) is 0. The summed E-state index contributed by atoms with van der Waals surface area (Å²) in [6.45, 7) is 0.670. The highest BCUT2D eigenvalue weighted by Crippen LogP contribution is 2.22. The number of nitrogens with zero attached hydrogens (tertiary/aromatic N) is 1. The van der Waals surface area contributed by atoms with E-state index in [0.29, 0.717) is 6.54 Å². The molecule has 0 aliphatic rings. The number of nitrogens with one attached hydrogen (secondary N) is 1. The molecule has 1 N–H and O–H groups in total. The molecule has 1 aromatic heterocycles. The molecule has 15 heavy (non-hydrogen) atoms. The molecule has 2 rings (SSSR count). The second-order valence-electron chi connectivity index (χ2n) is 3.23. The van der Waals surface area contributed by atoms with Gasteiger partial charge in [0.25, 0.3) is 0 Å². The van der Waals surface area contributed by atoms with Gasteiger partial charge in [-0.2, -0.15) is 0 Å². The number of hydrogen-bond acceptors (Lipinski definition) is 2. The summed E-state index contributed by atoms with van der Waals surface area (Å²) in [4.78, 5) is 7.09. The van der Waals surface area contributed by atoms with E-state index in [1.54, 1.807) is 0 Å². The van der Waals surface area contributed by atoms with E-state index in [2.05, 4.69) is 27.4 Å². The largest absolute Gasteiger partial charge is 0.361 e. The van der Waals surface area contributed by atoms with Crippen molar-refractivity contribution in [3.8, 4) is 0 Å². The number of fused-ring (bicyclic) bond motifs is 1. The smallest absolute Gasteiger partial charge is 0.0585 e. The molecule has 0 radical (unpaired) electrons. The fourth-order valence-electron chi connectivity index (χ4n) is 1.58. The van der Waals surface area contributed by atoms with Gasteiger partial charge in [-0.05, 0) is 42.4 Å². The summed E-state index contributed by atoms with van der Waals surface area (Å²) in [6, 6.07) is 5.81. The van der Waals surface area contributed by atoms with Crippen molar-refractivity contribution in [2.24, 2.45) is 4.99 Å². The molecule has 2 aromatic rings. The third-order valence-electron chi connectivity index (χ3n) is 2.29. The van der Waals surface area contributed by atoms with Crippen molar-refractivity contribution >= 4 is 39.9 Å². The zero-order chi connectivity index (χ0) is 10.7. The Morgan fingerprint density at radius 2 is 2.33 bits per heavy atom. The predicted octanol–water partition coefficient (Wildman–Crippen LogP) is 3.47. The van der Waals surface area contributed by atoms with Gasteiger partial charge in [-0.1, -0.05) is 11.6 Å². The number of isothiocyanates is 1. The predicted molar refractivity (Wildman–Crippen MR) is 66.9 cm³/mol. The number of halogens is 1. The van der Waals surface area contributed by atoms with Gasteiger partial charge < -0.3 is 4.98 Å². The Bertz CT molecular complexity index is 526. The topological polar surface area (TPSA) is 28.1 Å². The second kappa shape index (κ2) is 4.58. The Balaban J connectivity index is 2.34. The van der Waals surface area contributed by atoms with Crippen LogP contribution in [0.3, 0.4) is 0 Å². The average molecular weight is 237 g/mol. The van der Waals surface area contributed by atoms with Gasteiger partial charge in [0.2, 0.25) is 0 Å². The SMILES string of the molecule is S=C=NCCc1c[nH]c2ccc(Cl)cc12. The third-order valence-corrected chi connectivity index (χ3v) is 2.65. The molecule has 4 heteroatoms. The molecule has 0 saturated carbocycles. The summed E-state index contributed by atoms with van der Waals surface area (Å²) in [5.74, 6) is 0. The number of rotatable bonds is 3. The maximum atomic E-state index is 5.94. The summed E-state index contributed by atoms with van der Waals surface area (Å²) in [6.07, 6.45) is 2.84. The molecule has 0 atom stereocenters. The van der Waals surface area contributed by atoms with Crippen LogP contribution in [-0.2, 0) is 6.42 Å². The van der Waals surface area contributed by atoms with E-state index in [-0.39, 0.29) is 0 Å². The van der Waals surface area contributed by atoms with Gasteiger partial charge in [-0.25, -0.2) is 4.99 Å². The lowest BCUT2D eigenvalue weighted by Gasteiger charge is -1.96. The maximum absolute atomic E-state index is 5.94. The zero-order valence-electron chi connectivity index (χ0n) is 7.96. The van der Waals surface area contributed by atoms with Gasteiger partial charge in [0, 0.05) is 22.1 Å². The second-order valence-corrected chi connectivity index (χ2v) is 3.85. The average Bonchev–Trinajstić information content (AvgIpc) is 2.62. The molecule has 0 spiro atoms. The molecular formula is C11H9ClN2S. The molecule has 1 heterocycles. The number of aliphatic imine (C=N–C) groups is 1. The van der Waals surface area contributed by atoms with Crippen molar-refractivity contribution < 1.29 is 0 Å². The van der Waals surface area contributed by atoms with Gasteiger partial charge in [0.15, 0.2) is 0 Å². The van der Waals surface area contributed by atoms with Crippen molar-refractivity contribution in [2.45, 2.75) is 6.42 Å². The van der Waals surface area contributed by atoms with E-state index < -0.39 is 0 Å². The lowest BCUT2D eigenvalue weighted by molar-refractivity contribution is 0.984. The molecule has 0 aliphatic carbocycles. The van der Waals surface area contributed by atoms with E-state index in [4.69, 9.17) is 11.6 Å². The highest BCUT2D eigenvalue weighted by Gasteiger charge is 2.03. The fraction of sp³-hybridized carbons (Fsp3) is 0.182. The molecule has 0 amide bonds. The van der Waals surface area contributed by atoms with Crippen molar-refractivity contribution in [2.75, 3.05) is 6.54 Å². The van der Waals surface area contributed by atoms with Crippen molar-refractivity contribution in [1.82, 2.24) is 4.98 Å². The van der Waals surface area contributed by atoms with Crippen LogP contribution in [0.4, 0.5) is 0 Å². The first-order valence-corrected chi connectivity index (χ1v) is 5.39. The zero-order valence-corrected chi connectivity index (χ0v) is 9.53. The third kappa shape index (κ3) is 2.26. The van der Waals surface area contributed by atoms with Crippen molar-refractivity contribution in [3.63, 3.8) is 0 Å². The molecule has 76 valence electrons. The quantitative estimate of drug-likeness (QED) is 0.642. The van der Waals surface area contributed by atoms with Crippen LogP contribution in [0, 0.1) is 0 Å². The Kier molecular flexibility index (Phi) is 3.17. The minimum atomic E-state index is 0.670. The Hall–Kier alpha value is -1.15. The van der Waals surface area contributed by atoms with Gasteiger partial charge in [0.05, 0.1) is 11.7 Å². The molecule has 0 fully saturated rings. The number of aromatic nitrogens is 1. The van der Waals surface area contributed by atoms with E-state index in [1.165, 1.54) is 5.56 Å². The molecular weight excluding hydrogens is 228 g/mol. The van der Waals surface area contributed by atoms with Crippen LogP contribution in [0.15, 0.2) is 29.4 Å². The first-order valence-electron chi connectivity index (χ1n) is 4.60. The van der Waals surface area contributed by atoms with E-state index >= 15 is 0 Å². The number of thiocarbonyl (C=S) groups is 1. The van der Waals surface area contributed by atoms with E-state index in [0.717, 1.165) is 22.3 Å². The summed E-state index contributed by atoms with van der Waals surface area (Å²) in [5.41, 5.74) is 2.31. The van der Waals surface area contributed by atoms with Crippen molar-refractivity contribution in [1.29, 1.82) is 0 Å². The lowest BCUT2D eigenvalue weighted by Crippen LogP contribution is -1.86. The first kappa shape index (κ1) is 10.4. The fourth-order valence-corrected chi connectivity index (χ4v) is 1.84. The van der Waals surface area contributed by atoms with Crippen LogP contribution in [0.5, 0.6) is 0 Å². The molecule has 0 bridgehead atoms. The molecule has 0 saturated heterocycles. The Morgan fingerprint density at radius 1 is 1.47 bits per heavy atom. The Morgan fingerprint density at radius 3 is 3.13 bits per heavy atom. The van der Waals surface area contributed by atoms with Gasteiger partial charge in [-0.15, -0.1) is 0 Å². The maximum Gasteiger partial charge on any atom is 0.0585 e. The van der Waals surface area contributed by atoms with Crippen LogP contribution in [0.2, 0.25) is 5.02 Å². The van der Waals surface area contributed by atoms with Gasteiger partial charge >= 0.3 is 0 Å². The molecule has 1 aromatic carbocycles. The van der Waals surface area contributed by atoms with Gasteiger partial charge in [0.1, 0.15) is 0 Å². The van der Waals surface area contributed by atoms with Crippen LogP contribution in [0.1, 0.15) is 5.56 Å². The minimum absolute atomic E-state index is 0.670. The molecule has 2 nitrogen and oxygen atoms in total. The Labute approximate surface area is 98.0 Å². The van der Waals surface area contributed by atoms with Gasteiger partial charge in [-0.3, -0.25) is 0 Å². The standard InChI is InChI=1S/C11H9ClN2S/c12-9-1-2-11-10(5-9)8(6-14-11)3-4-13-7-15/h1-2,5-6,14H,3-4H2. The summed E-state index contributed by atoms with van der Waals surface area (Å²) in [5, 5.41) is 4.27. The number of benzene rings is 1. The van der Waals surface area contributed by atoms with E-state index in [1.807, 2.05) is 24.4 Å². The highest BCUT2D eigenvalue weighted by atomic mass is 35.5. The first-order chi connectivity index (χ1) is 7.31. The summed E-state index contributed by atoms with van der Waals surface area (Å²) < 4.78 is 0. The molecule has 0 aliphatic heterocycles.